The van der Waals surface area contributed by atoms with Crippen molar-refractivity contribution in [2.45, 2.75) is 0 Å². The second kappa shape index (κ2) is 9.26. The van der Waals surface area contributed by atoms with Crippen LogP contribution in [0.25, 0.3) is 71.1 Å². The molecule has 0 N–H and O–H groups in total. The quantitative estimate of drug-likeness (QED) is 0.228. The first-order valence-corrected chi connectivity index (χ1v) is 14.0. The highest BCUT2D eigenvalue weighted by Crippen LogP contribution is 2.43. The molecule has 0 amide bonds. The molecular weight excluding hydrogens is 508 g/mol. The van der Waals surface area contributed by atoms with Crippen LogP contribution in [0.4, 0.5) is 0 Å². The number of nitrogens with zero attached hydrogens (tertiary/aromatic N) is 4. The van der Waals surface area contributed by atoms with Crippen LogP contribution < -0.4 is 0 Å². The van der Waals surface area contributed by atoms with Crippen molar-refractivity contribution in [3.63, 3.8) is 0 Å². The van der Waals surface area contributed by atoms with Gasteiger partial charge in [-0.15, -0.1) is 11.3 Å². The van der Waals surface area contributed by atoms with Crippen LogP contribution in [0, 0.1) is 0 Å². The molecule has 0 atom stereocenters. The van der Waals surface area contributed by atoms with Crippen LogP contribution in [0.1, 0.15) is 0 Å². The summed E-state index contributed by atoms with van der Waals surface area (Å²) in [4.78, 5) is 16.1. The van der Waals surface area contributed by atoms with Gasteiger partial charge in [0.1, 0.15) is 4.83 Å². The van der Waals surface area contributed by atoms with Gasteiger partial charge in [-0.05, 0) is 36.4 Å². The molecule has 5 heteroatoms. The lowest BCUT2D eigenvalue weighted by Crippen LogP contribution is -2.00. The van der Waals surface area contributed by atoms with Gasteiger partial charge in [0.05, 0.1) is 5.52 Å². The van der Waals surface area contributed by atoms with E-state index in [-0.39, 0.29) is 0 Å². The summed E-state index contributed by atoms with van der Waals surface area (Å²) in [5.74, 6) is 1.99. The summed E-state index contributed by atoms with van der Waals surface area (Å²) in [6.45, 7) is 0. The fraction of sp³-hybridized carbons (Fsp3) is 0. The van der Waals surface area contributed by atoms with Gasteiger partial charge in [0, 0.05) is 43.2 Å². The van der Waals surface area contributed by atoms with Crippen LogP contribution in [0.5, 0.6) is 0 Å². The third kappa shape index (κ3) is 3.71. The normalized spacial score (nSPS) is 11.5. The number of para-hydroxylation sites is 1. The molecule has 3 aromatic heterocycles. The van der Waals surface area contributed by atoms with Crippen LogP contribution in [-0.2, 0) is 0 Å². The Labute approximate surface area is 234 Å². The number of fused-ring (bicyclic) bond motifs is 5. The van der Waals surface area contributed by atoms with Crippen LogP contribution in [-0.4, -0.2) is 19.5 Å². The number of hydrogen-bond acceptors (Lipinski definition) is 4. The van der Waals surface area contributed by atoms with Gasteiger partial charge in [0.2, 0.25) is 0 Å². The summed E-state index contributed by atoms with van der Waals surface area (Å²) >= 11 is 1.83. The molecule has 4 nitrogen and oxygen atoms in total. The fourth-order valence-corrected chi connectivity index (χ4v) is 6.65. The minimum atomic E-state index is 0.662. The molecule has 0 unspecified atom stereocenters. The van der Waals surface area contributed by atoms with E-state index in [0.29, 0.717) is 17.5 Å². The third-order valence-corrected chi connectivity index (χ3v) is 8.41. The average molecular weight is 531 g/mol. The van der Waals surface area contributed by atoms with Gasteiger partial charge < -0.3 is 4.57 Å². The summed E-state index contributed by atoms with van der Waals surface area (Å²) in [6.07, 6.45) is 0. The number of hydrogen-bond donors (Lipinski definition) is 0. The Bertz CT molecular complexity index is 2090. The minimum Gasteiger partial charge on any atom is -0.301 e. The Morgan fingerprint density at radius 2 is 1.02 bits per heavy atom. The Balaban J connectivity index is 1.41. The topological polar surface area (TPSA) is 43.6 Å². The van der Waals surface area contributed by atoms with Gasteiger partial charge in [0.25, 0.3) is 0 Å². The van der Waals surface area contributed by atoms with Crippen LogP contribution >= 0.6 is 11.3 Å². The van der Waals surface area contributed by atoms with Crippen LogP contribution in [0.15, 0.2) is 133 Å². The molecule has 0 saturated carbocycles. The summed E-state index contributed by atoms with van der Waals surface area (Å²) in [6, 6.07) is 46.0. The van der Waals surface area contributed by atoms with E-state index in [9.17, 15) is 0 Å². The van der Waals surface area contributed by atoms with Crippen molar-refractivity contribution in [1.82, 2.24) is 19.5 Å². The number of rotatable bonds is 4. The van der Waals surface area contributed by atoms with E-state index in [4.69, 9.17) is 15.0 Å². The largest absolute Gasteiger partial charge is 0.301 e. The second-order valence-electron chi connectivity index (χ2n) is 9.72. The van der Waals surface area contributed by atoms with Gasteiger partial charge in [-0.2, -0.15) is 0 Å². The number of benzene rings is 5. The van der Waals surface area contributed by atoms with Crippen molar-refractivity contribution >= 4 is 42.5 Å². The molecule has 188 valence electrons. The van der Waals surface area contributed by atoms with E-state index < -0.39 is 0 Å². The van der Waals surface area contributed by atoms with E-state index in [2.05, 4.69) is 77.4 Å². The zero-order valence-corrected chi connectivity index (χ0v) is 22.2. The van der Waals surface area contributed by atoms with Crippen molar-refractivity contribution < 1.29 is 0 Å². The summed E-state index contributed by atoms with van der Waals surface area (Å²) in [7, 11) is 0. The van der Waals surface area contributed by atoms with Gasteiger partial charge in [-0.1, -0.05) is 97.1 Å². The van der Waals surface area contributed by atoms with Gasteiger partial charge in [-0.25, -0.2) is 15.0 Å². The first-order chi connectivity index (χ1) is 19.8. The summed E-state index contributed by atoms with van der Waals surface area (Å²) in [5.41, 5.74) is 5.21. The van der Waals surface area contributed by atoms with E-state index in [0.717, 1.165) is 22.4 Å². The van der Waals surface area contributed by atoms with Crippen molar-refractivity contribution in [2.75, 3.05) is 0 Å². The lowest BCUT2D eigenvalue weighted by atomic mass is 10.1. The van der Waals surface area contributed by atoms with Gasteiger partial charge >= 0.3 is 0 Å². The van der Waals surface area contributed by atoms with Gasteiger partial charge in [0.15, 0.2) is 17.5 Å². The predicted octanol–water partition coefficient (Wildman–Crippen LogP) is 9.18. The molecule has 40 heavy (non-hydrogen) atoms. The first-order valence-electron chi connectivity index (χ1n) is 13.2. The fourth-order valence-electron chi connectivity index (χ4n) is 5.40. The SMILES string of the molecule is c1ccc(-c2nc(-c3ccccc3)nc(-c3ccc4c(c3)c3c5ccccc5sc3n4-c3ccccc3)n2)cc1. The van der Waals surface area contributed by atoms with Gasteiger partial charge in [-0.3, -0.25) is 0 Å². The maximum atomic E-state index is 4.97. The number of thiophene rings is 1. The highest BCUT2D eigenvalue weighted by atomic mass is 32.1. The standard InChI is InChI=1S/C35H22N4S/c1-4-12-23(13-5-1)32-36-33(24-14-6-2-7-15-24)38-34(37-32)25-20-21-29-28(22-25)31-27-18-10-11-19-30(27)40-35(31)39(29)26-16-8-3-9-17-26/h1-22H. The molecule has 0 aliphatic rings. The average Bonchev–Trinajstić information content (AvgIpc) is 3.56. The molecule has 0 fully saturated rings. The molecule has 0 aliphatic carbocycles. The summed E-state index contributed by atoms with van der Waals surface area (Å²) < 4.78 is 3.65. The van der Waals surface area contributed by atoms with E-state index in [1.807, 2.05) is 72.0 Å². The zero-order valence-electron chi connectivity index (χ0n) is 21.4. The summed E-state index contributed by atoms with van der Waals surface area (Å²) in [5, 5.41) is 3.73. The van der Waals surface area contributed by atoms with Crippen LogP contribution in [0.2, 0.25) is 0 Å². The monoisotopic (exact) mass is 530 g/mol. The van der Waals surface area contributed by atoms with E-state index >= 15 is 0 Å². The molecule has 0 bridgehead atoms. The van der Waals surface area contributed by atoms with Crippen LogP contribution in [0.3, 0.4) is 0 Å². The second-order valence-corrected chi connectivity index (χ2v) is 10.8. The molecule has 0 radical (unpaired) electrons. The smallest absolute Gasteiger partial charge is 0.164 e. The molecule has 3 heterocycles. The Hall–Kier alpha value is -5.13. The molecule has 0 aliphatic heterocycles. The minimum absolute atomic E-state index is 0.662. The van der Waals surface area contributed by atoms with E-state index in [1.165, 1.54) is 31.2 Å². The maximum absolute atomic E-state index is 4.97. The van der Waals surface area contributed by atoms with Crippen molar-refractivity contribution in [1.29, 1.82) is 0 Å². The molecule has 8 aromatic rings. The lowest BCUT2D eigenvalue weighted by molar-refractivity contribution is 1.07. The first kappa shape index (κ1) is 22.8. The molecule has 0 saturated heterocycles. The Kier molecular flexibility index (Phi) is 5.28. The zero-order chi connectivity index (χ0) is 26.5. The number of aromatic nitrogens is 4. The maximum Gasteiger partial charge on any atom is 0.164 e. The molecule has 5 aromatic carbocycles. The molecule has 8 rings (SSSR count). The van der Waals surface area contributed by atoms with Crippen molar-refractivity contribution in [2.24, 2.45) is 0 Å². The highest BCUT2D eigenvalue weighted by molar-refractivity contribution is 7.25. The molecular formula is C35H22N4S. The van der Waals surface area contributed by atoms with Crippen molar-refractivity contribution in [3.05, 3.63) is 133 Å². The highest BCUT2D eigenvalue weighted by Gasteiger charge is 2.19. The van der Waals surface area contributed by atoms with Crippen molar-refractivity contribution in [3.8, 4) is 39.9 Å². The molecule has 0 spiro atoms. The van der Waals surface area contributed by atoms with E-state index in [1.54, 1.807) is 0 Å². The Morgan fingerprint density at radius 1 is 0.475 bits per heavy atom. The Morgan fingerprint density at radius 3 is 1.68 bits per heavy atom. The predicted molar refractivity (Wildman–Crippen MR) is 166 cm³/mol. The lowest BCUT2D eigenvalue weighted by Gasteiger charge is -2.09. The third-order valence-electron chi connectivity index (χ3n) is 7.26.